The van der Waals surface area contributed by atoms with Crippen molar-refractivity contribution in [3.05, 3.63) is 0 Å². The summed E-state index contributed by atoms with van der Waals surface area (Å²) in [7, 11) is -0.295. The SMILES string of the molecule is CC(C)(C)[PH+](CCCCCB1C2CCCC1CCC2)C(C)(C)C. The maximum absolute atomic E-state index is 2.48. The quantitative estimate of drug-likeness (QED) is 0.266. The Bertz CT molecular complexity index is 316. The summed E-state index contributed by atoms with van der Waals surface area (Å²) in [6, 6.07) is 0. The van der Waals surface area contributed by atoms with Crippen molar-refractivity contribution in [1.82, 2.24) is 0 Å². The zero-order chi connectivity index (χ0) is 17.1. The van der Waals surface area contributed by atoms with Crippen LogP contribution in [0.3, 0.4) is 0 Å². The molecule has 23 heavy (non-hydrogen) atoms. The Labute approximate surface area is 148 Å². The number of rotatable bonds is 6. The maximum atomic E-state index is 2.48. The van der Waals surface area contributed by atoms with Crippen LogP contribution in [0.5, 0.6) is 0 Å². The summed E-state index contributed by atoms with van der Waals surface area (Å²) >= 11 is 0. The summed E-state index contributed by atoms with van der Waals surface area (Å²) in [5.41, 5.74) is 0. The minimum atomic E-state index is -0.295. The fourth-order valence-corrected chi connectivity index (χ4v) is 10.4. The molecule has 2 aliphatic heterocycles. The molecule has 0 aromatic heterocycles. The van der Waals surface area contributed by atoms with E-state index < -0.39 is 0 Å². The zero-order valence-electron chi connectivity index (χ0n) is 17.0. The molecule has 0 amide bonds. The molecule has 2 aliphatic rings. The largest absolute Gasteiger partial charge is 0.146 e. The van der Waals surface area contributed by atoms with Crippen LogP contribution in [-0.2, 0) is 0 Å². The highest BCUT2D eigenvalue weighted by Crippen LogP contribution is 2.59. The van der Waals surface area contributed by atoms with E-state index in [1.165, 1.54) is 38.3 Å². The number of fused-ring (bicyclic) bond motifs is 2. The van der Waals surface area contributed by atoms with Gasteiger partial charge in [0.05, 0.1) is 16.5 Å². The average molecular weight is 337 g/mol. The first-order chi connectivity index (χ1) is 10.7. The Morgan fingerprint density at radius 1 is 0.739 bits per heavy atom. The van der Waals surface area contributed by atoms with Crippen molar-refractivity contribution in [2.75, 3.05) is 6.16 Å². The second-order valence-electron chi connectivity index (χ2n) is 10.6. The molecular weight excluding hydrogens is 294 g/mol. The molecule has 0 atom stereocenters. The van der Waals surface area contributed by atoms with E-state index in [1.54, 1.807) is 32.0 Å². The van der Waals surface area contributed by atoms with Crippen molar-refractivity contribution in [3.63, 3.8) is 0 Å². The molecular formula is C21H43BP+. The Morgan fingerprint density at radius 3 is 1.65 bits per heavy atom. The van der Waals surface area contributed by atoms with Crippen LogP contribution in [0, 0.1) is 0 Å². The van der Waals surface area contributed by atoms with Crippen molar-refractivity contribution in [2.45, 2.75) is 128 Å². The molecule has 2 heteroatoms. The van der Waals surface area contributed by atoms with Gasteiger partial charge in [-0.15, -0.1) is 0 Å². The van der Waals surface area contributed by atoms with Crippen LogP contribution in [0.15, 0.2) is 0 Å². The molecule has 0 spiro atoms. The van der Waals surface area contributed by atoms with E-state index in [-0.39, 0.29) is 7.92 Å². The molecule has 0 unspecified atom stereocenters. The van der Waals surface area contributed by atoms with Crippen molar-refractivity contribution in [2.24, 2.45) is 0 Å². The molecule has 134 valence electrons. The van der Waals surface area contributed by atoms with Crippen LogP contribution in [0.1, 0.15) is 99.3 Å². The molecule has 2 heterocycles. The van der Waals surface area contributed by atoms with Crippen LogP contribution in [0.25, 0.3) is 0 Å². The van der Waals surface area contributed by atoms with Crippen molar-refractivity contribution in [1.29, 1.82) is 0 Å². The smallest absolute Gasteiger partial charge is 0.0737 e. The highest BCUT2D eigenvalue weighted by atomic mass is 31.1. The highest BCUT2D eigenvalue weighted by Gasteiger charge is 2.41. The second-order valence-corrected chi connectivity index (χ2v) is 15.1. The summed E-state index contributed by atoms with van der Waals surface area (Å²) in [4.78, 5) is 0. The lowest BCUT2D eigenvalue weighted by Gasteiger charge is -2.40. The minimum Gasteiger partial charge on any atom is -0.0737 e. The minimum absolute atomic E-state index is 0.295. The zero-order valence-corrected chi connectivity index (χ0v) is 18.0. The monoisotopic (exact) mass is 337 g/mol. The lowest BCUT2D eigenvalue weighted by atomic mass is 9.26. The Balaban J connectivity index is 1.71. The van der Waals surface area contributed by atoms with Crippen LogP contribution >= 0.6 is 7.92 Å². The molecule has 0 N–H and O–H groups in total. The van der Waals surface area contributed by atoms with Gasteiger partial charge >= 0.3 is 0 Å². The van der Waals surface area contributed by atoms with Gasteiger partial charge in [-0.25, -0.2) is 0 Å². The molecule has 2 bridgehead atoms. The van der Waals surface area contributed by atoms with E-state index in [2.05, 4.69) is 41.5 Å². The molecule has 0 nitrogen and oxygen atoms in total. The third-order valence-corrected chi connectivity index (χ3v) is 11.3. The Morgan fingerprint density at radius 2 is 1.22 bits per heavy atom. The van der Waals surface area contributed by atoms with Crippen LogP contribution < -0.4 is 0 Å². The predicted molar refractivity (Wildman–Crippen MR) is 112 cm³/mol. The van der Waals surface area contributed by atoms with E-state index in [0.29, 0.717) is 10.3 Å². The first-order valence-electron chi connectivity index (χ1n) is 10.6. The van der Waals surface area contributed by atoms with Crippen LogP contribution in [0.2, 0.25) is 18.0 Å². The van der Waals surface area contributed by atoms with Gasteiger partial charge in [0, 0.05) is 7.92 Å². The lowest BCUT2D eigenvalue weighted by molar-refractivity contribution is 0.440. The number of hydrogen-bond acceptors (Lipinski definition) is 0. The normalized spacial score (nSPS) is 26.0. The van der Waals surface area contributed by atoms with Gasteiger partial charge in [0.1, 0.15) is 6.71 Å². The summed E-state index contributed by atoms with van der Waals surface area (Å²) in [6.45, 7) is 16.0. The molecule has 0 saturated carbocycles. The number of hydrogen-bond donors (Lipinski definition) is 0. The fraction of sp³-hybridized carbons (Fsp3) is 1.00. The Hall–Kier alpha value is 0.495. The molecule has 2 rings (SSSR count). The van der Waals surface area contributed by atoms with Gasteiger partial charge in [-0.2, -0.15) is 0 Å². The molecule has 2 saturated heterocycles. The Kier molecular flexibility index (Phi) is 7.11. The first-order valence-corrected chi connectivity index (χ1v) is 12.3. The molecule has 0 aromatic carbocycles. The van der Waals surface area contributed by atoms with Crippen LogP contribution in [0.4, 0.5) is 0 Å². The van der Waals surface area contributed by atoms with Gasteiger partial charge in [0.2, 0.25) is 0 Å². The van der Waals surface area contributed by atoms with Gasteiger partial charge < -0.3 is 0 Å². The van der Waals surface area contributed by atoms with E-state index in [0.717, 1.165) is 18.3 Å². The van der Waals surface area contributed by atoms with Gasteiger partial charge in [-0.3, -0.25) is 0 Å². The van der Waals surface area contributed by atoms with E-state index in [4.69, 9.17) is 0 Å². The highest BCUT2D eigenvalue weighted by molar-refractivity contribution is 7.60. The second kappa shape index (κ2) is 8.25. The van der Waals surface area contributed by atoms with Gasteiger partial charge in [-0.05, 0) is 48.0 Å². The topological polar surface area (TPSA) is 0 Å². The fourth-order valence-electron chi connectivity index (χ4n) is 6.02. The standard InChI is InChI=1S/C21H42BP/c1-20(2,3)23(21(4,5)6)17-9-7-8-16-22-18-12-10-13-19(22)15-11-14-18/h18-19H,7-17H2,1-6H3/p+1. The molecule has 2 fully saturated rings. The van der Waals surface area contributed by atoms with Crippen molar-refractivity contribution < 1.29 is 0 Å². The lowest BCUT2D eigenvalue weighted by Crippen LogP contribution is -2.34. The molecule has 0 radical (unpaired) electrons. The van der Waals surface area contributed by atoms with Gasteiger partial charge in [0.15, 0.2) is 0 Å². The maximum Gasteiger partial charge on any atom is 0.146 e. The van der Waals surface area contributed by atoms with E-state index in [1.807, 2.05) is 0 Å². The summed E-state index contributed by atoms with van der Waals surface area (Å²) < 4.78 is 0. The average Bonchev–Trinajstić information content (AvgIpc) is 2.39. The molecule has 0 aromatic rings. The van der Waals surface area contributed by atoms with E-state index in [9.17, 15) is 0 Å². The summed E-state index contributed by atoms with van der Waals surface area (Å²) in [5, 5.41) is 1.09. The predicted octanol–water partition coefficient (Wildman–Crippen LogP) is 7.57. The third kappa shape index (κ3) is 5.76. The van der Waals surface area contributed by atoms with E-state index >= 15 is 0 Å². The first kappa shape index (κ1) is 19.8. The summed E-state index contributed by atoms with van der Waals surface area (Å²) in [5.74, 6) is 2.23. The third-order valence-electron chi connectivity index (χ3n) is 6.79. The van der Waals surface area contributed by atoms with Crippen molar-refractivity contribution >= 4 is 14.6 Å². The van der Waals surface area contributed by atoms with Crippen molar-refractivity contribution in [3.8, 4) is 0 Å². The summed E-state index contributed by atoms with van der Waals surface area (Å²) in [6.07, 6.45) is 16.9. The van der Waals surface area contributed by atoms with Crippen LogP contribution in [-0.4, -0.2) is 23.2 Å². The van der Waals surface area contributed by atoms with Gasteiger partial charge in [0.25, 0.3) is 0 Å². The molecule has 0 aliphatic carbocycles. The van der Waals surface area contributed by atoms with Gasteiger partial charge in [-0.1, -0.05) is 69.3 Å². The number of unbranched alkanes of at least 4 members (excludes halogenated alkanes) is 2.